The summed E-state index contributed by atoms with van der Waals surface area (Å²) in [6.07, 6.45) is 3.02. The van der Waals surface area contributed by atoms with Crippen LogP contribution in [0.25, 0.3) is 0 Å². The first-order chi connectivity index (χ1) is 16.6. The van der Waals surface area contributed by atoms with Crippen molar-refractivity contribution >= 4 is 29.5 Å². The Kier molecular flexibility index (Phi) is 7.53. The summed E-state index contributed by atoms with van der Waals surface area (Å²) in [6.45, 7) is 9.00. The molecule has 3 saturated heterocycles. The summed E-state index contributed by atoms with van der Waals surface area (Å²) in [7, 11) is 0. The van der Waals surface area contributed by atoms with Crippen LogP contribution in [0.5, 0.6) is 0 Å². The van der Waals surface area contributed by atoms with Crippen LogP contribution in [0, 0.1) is 17.8 Å². The molecule has 0 aromatic heterocycles. The maximum Gasteiger partial charge on any atom is 0.244 e. The molecule has 3 unspecified atom stereocenters. The monoisotopic (exact) mass is 501 g/mol. The number of rotatable bonds is 9. The Hall–Kier alpha value is -2.06. The van der Waals surface area contributed by atoms with Crippen molar-refractivity contribution in [3.8, 4) is 0 Å². The summed E-state index contributed by atoms with van der Waals surface area (Å²) in [5, 5.41) is 15.4. The van der Waals surface area contributed by atoms with Gasteiger partial charge in [-0.25, -0.2) is 0 Å². The molecule has 0 aliphatic carbocycles. The lowest BCUT2D eigenvalue weighted by Crippen LogP contribution is -2.59. The molecule has 3 aliphatic heterocycles. The predicted molar refractivity (Wildman–Crippen MR) is 137 cm³/mol. The Morgan fingerprint density at radius 3 is 2.51 bits per heavy atom. The van der Waals surface area contributed by atoms with Crippen LogP contribution < -0.4 is 10.6 Å². The molecule has 0 saturated carbocycles. The van der Waals surface area contributed by atoms with E-state index in [2.05, 4.69) is 17.6 Å². The van der Waals surface area contributed by atoms with E-state index in [1.807, 2.05) is 51.1 Å². The van der Waals surface area contributed by atoms with E-state index in [4.69, 9.17) is 5.11 Å². The van der Waals surface area contributed by atoms with Crippen LogP contribution in [0.2, 0.25) is 0 Å². The van der Waals surface area contributed by atoms with Gasteiger partial charge in [0.1, 0.15) is 6.04 Å². The first-order valence-corrected chi connectivity index (χ1v) is 13.7. The number of amides is 3. The Bertz CT molecular complexity index is 949. The van der Waals surface area contributed by atoms with E-state index in [1.165, 1.54) is 0 Å². The Labute approximate surface area is 212 Å². The molecule has 3 amide bonds. The molecule has 8 heteroatoms. The molecule has 1 spiro atoms. The largest absolute Gasteiger partial charge is 0.396 e. The molecule has 7 nitrogen and oxygen atoms in total. The minimum Gasteiger partial charge on any atom is -0.396 e. The molecular formula is C27H39N3O4S. The van der Waals surface area contributed by atoms with Gasteiger partial charge in [-0.2, -0.15) is 0 Å². The highest BCUT2D eigenvalue weighted by Crippen LogP contribution is 2.68. The SMILES string of the molecule is CC1C[C@H]2SC13C(C(=O)NC(C)(C)C)N(CCCCCO)C(=O)[C@@H]3[C@H]2C(=O)NCc1ccccc1. The van der Waals surface area contributed by atoms with Crippen LogP contribution in [-0.4, -0.2) is 62.5 Å². The van der Waals surface area contributed by atoms with Crippen LogP contribution in [0.4, 0.5) is 0 Å². The van der Waals surface area contributed by atoms with Crippen LogP contribution >= 0.6 is 11.8 Å². The molecule has 192 valence electrons. The van der Waals surface area contributed by atoms with E-state index < -0.39 is 28.2 Å². The molecule has 3 fully saturated rings. The number of aliphatic hydroxyl groups is 1. The summed E-state index contributed by atoms with van der Waals surface area (Å²) in [6, 6.07) is 9.18. The lowest BCUT2D eigenvalue weighted by Gasteiger charge is -2.39. The number of carbonyl (C=O) groups excluding carboxylic acids is 3. The lowest BCUT2D eigenvalue weighted by molar-refractivity contribution is -0.140. The number of fused-ring (bicyclic) bond motifs is 1. The third kappa shape index (κ3) is 4.84. The smallest absolute Gasteiger partial charge is 0.244 e. The Morgan fingerprint density at radius 1 is 1.14 bits per heavy atom. The molecule has 3 aliphatic rings. The van der Waals surface area contributed by atoms with Crippen LogP contribution in [0.3, 0.4) is 0 Å². The number of hydrogen-bond acceptors (Lipinski definition) is 5. The van der Waals surface area contributed by atoms with Gasteiger partial charge in [0.2, 0.25) is 17.7 Å². The molecule has 4 rings (SSSR count). The third-order valence-electron chi connectivity index (χ3n) is 7.66. The van der Waals surface area contributed by atoms with E-state index in [9.17, 15) is 14.4 Å². The highest BCUT2D eigenvalue weighted by atomic mass is 32.2. The fraction of sp³-hybridized carbons (Fsp3) is 0.667. The number of thioether (sulfide) groups is 1. The van der Waals surface area contributed by atoms with Gasteiger partial charge in [0, 0.05) is 30.5 Å². The molecule has 3 heterocycles. The molecule has 3 N–H and O–H groups in total. The van der Waals surface area contributed by atoms with Crippen LogP contribution in [0.1, 0.15) is 58.9 Å². The zero-order valence-corrected chi connectivity index (χ0v) is 22.1. The molecular weight excluding hydrogens is 462 g/mol. The van der Waals surface area contributed by atoms with Crippen LogP contribution in [0.15, 0.2) is 30.3 Å². The average Bonchev–Trinajstić information content (AvgIpc) is 3.38. The second-order valence-corrected chi connectivity index (χ2v) is 12.9. The van der Waals surface area contributed by atoms with Gasteiger partial charge in [-0.3, -0.25) is 14.4 Å². The number of unbranched alkanes of at least 4 members (excludes halogenated alkanes) is 2. The zero-order chi connectivity index (χ0) is 25.4. The minimum absolute atomic E-state index is 0.0381. The maximum absolute atomic E-state index is 14.0. The predicted octanol–water partition coefficient (Wildman–Crippen LogP) is 2.72. The fourth-order valence-corrected chi connectivity index (χ4v) is 8.69. The normalized spacial score (nSPS) is 31.5. The summed E-state index contributed by atoms with van der Waals surface area (Å²) in [4.78, 5) is 42.9. The molecule has 6 atom stereocenters. The lowest BCUT2D eigenvalue weighted by atomic mass is 9.65. The average molecular weight is 502 g/mol. The second-order valence-electron chi connectivity index (χ2n) is 11.3. The van der Waals surface area contributed by atoms with Crippen molar-refractivity contribution < 1.29 is 19.5 Å². The first-order valence-electron chi connectivity index (χ1n) is 12.8. The number of aliphatic hydroxyl groups excluding tert-OH is 1. The molecule has 1 aromatic rings. The minimum atomic E-state index is -0.594. The van der Waals surface area contributed by atoms with Crippen molar-refractivity contribution in [2.45, 2.75) is 81.5 Å². The van der Waals surface area contributed by atoms with Crippen LogP contribution in [-0.2, 0) is 20.9 Å². The van der Waals surface area contributed by atoms with Crippen molar-refractivity contribution in [1.29, 1.82) is 0 Å². The van der Waals surface area contributed by atoms with Gasteiger partial charge in [0.25, 0.3) is 0 Å². The highest BCUT2D eigenvalue weighted by molar-refractivity contribution is 8.02. The Balaban J connectivity index is 1.61. The van der Waals surface area contributed by atoms with E-state index in [0.29, 0.717) is 19.5 Å². The van der Waals surface area contributed by atoms with E-state index in [1.54, 1.807) is 16.7 Å². The zero-order valence-electron chi connectivity index (χ0n) is 21.3. The van der Waals surface area contributed by atoms with Gasteiger partial charge in [0.05, 0.1) is 16.6 Å². The molecule has 2 bridgehead atoms. The van der Waals surface area contributed by atoms with Gasteiger partial charge >= 0.3 is 0 Å². The maximum atomic E-state index is 14.0. The van der Waals surface area contributed by atoms with E-state index >= 15 is 0 Å². The number of nitrogens with one attached hydrogen (secondary N) is 2. The van der Waals surface area contributed by atoms with Crippen molar-refractivity contribution in [2.24, 2.45) is 17.8 Å². The summed E-state index contributed by atoms with van der Waals surface area (Å²) in [5.41, 5.74) is 0.597. The third-order valence-corrected chi connectivity index (χ3v) is 9.74. The van der Waals surface area contributed by atoms with Gasteiger partial charge in [0.15, 0.2) is 0 Å². The number of benzene rings is 1. The number of hydrogen-bond donors (Lipinski definition) is 3. The van der Waals surface area contributed by atoms with E-state index in [0.717, 1.165) is 24.8 Å². The van der Waals surface area contributed by atoms with Crippen molar-refractivity contribution in [1.82, 2.24) is 15.5 Å². The van der Waals surface area contributed by atoms with Gasteiger partial charge in [-0.15, -0.1) is 11.8 Å². The standard InChI is InChI=1S/C27H39N3O4S/c1-17-15-19-20(23(32)28-16-18-11-7-5-8-12-18)21-25(34)30(13-9-6-10-14-31)22(27(17,21)35-19)24(33)29-26(2,3)4/h5,7-8,11-12,17,19-22,31H,6,9-10,13-16H2,1-4H3,(H,28,32)(H,29,33)/t17?,19-,20+,21+,22?,27?/m1/s1. The number of nitrogens with zero attached hydrogens (tertiary/aromatic N) is 1. The summed E-state index contributed by atoms with van der Waals surface area (Å²) >= 11 is 1.71. The Morgan fingerprint density at radius 2 is 1.86 bits per heavy atom. The quantitative estimate of drug-likeness (QED) is 0.452. The number of carbonyl (C=O) groups is 3. The first kappa shape index (κ1) is 26.0. The second kappa shape index (κ2) is 10.1. The topological polar surface area (TPSA) is 98.7 Å². The molecule has 1 aromatic carbocycles. The number of likely N-dealkylation sites (tertiary alicyclic amines) is 1. The van der Waals surface area contributed by atoms with Gasteiger partial charge in [-0.1, -0.05) is 37.3 Å². The van der Waals surface area contributed by atoms with Crippen molar-refractivity contribution in [3.05, 3.63) is 35.9 Å². The van der Waals surface area contributed by atoms with Gasteiger partial charge < -0.3 is 20.6 Å². The fourth-order valence-electron chi connectivity index (χ4n) is 6.27. The summed E-state index contributed by atoms with van der Waals surface area (Å²) < 4.78 is -0.594. The molecule has 0 radical (unpaired) electrons. The molecule has 35 heavy (non-hydrogen) atoms. The van der Waals surface area contributed by atoms with E-state index in [-0.39, 0.29) is 35.5 Å². The van der Waals surface area contributed by atoms with Crippen molar-refractivity contribution in [3.63, 3.8) is 0 Å². The summed E-state index contributed by atoms with van der Waals surface area (Å²) in [5.74, 6) is -1.05. The highest BCUT2D eigenvalue weighted by Gasteiger charge is 2.75. The van der Waals surface area contributed by atoms with Gasteiger partial charge in [-0.05, 0) is 57.9 Å². The van der Waals surface area contributed by atoms with Crippen molar-refractivity contribution in [2.75, 3.05) is 13.2 Å².